The van der Waals surface area contributed by atoms with Gasteiger partial charge in [-0.1, -0.05) is 227 Å². The molecule has 0 rings (SSSR count). The minimum atomic E-state index is -0.783. The summed E-state index contributed by atoms with van der Waals surface area (Å²) in [4.78, 5) is 24.5. The SMILES string of the molecule is CC/C=C\C/C=C\C/C=C\C/C=C\C/C=C\C/C=C\C/C=C\CCCCCCCCCCCC(=O)OC(CO)COC(=O)CCCCCCCCC/C=C\CCCCCCCCC. The molecule has 0 bridgehead atoms. The summed E-state index contributed by atoms with van der Waals surface area (Å²) < 4.78 is 10.7. The fourth-order valence-electron chi connectivity index (χ4n) is 7.18. The van der Waals surface area contributed by atoms with Crippen LogP contribution in [0.15, 0.2) is 97.2 Å². The zero-order valence-corrected chi connectivity index (χ0v) is 41.1. The normalized spacial score (nSPS) is 13.0. The second-order valence-corrected chi connectivity index (χ2v) is 17.2. The molecular formula is C58H98O5. The Labute approximate surface area is 389 Å². The molecule has 360 valence electrons. The molecule has 0 fully saturated rings. The van der Waals surface area contributed by atoms with Gasteiger partial charge in [-0.05, 0) is 96.3 Å². The Morgan fingerprint density at radius 3 is 1.05 bits per heavy atom. The molecule has 0 aromatic rings. The largest absolute Gasteiger partial charge is 0.462 e. The molecule has 0 saturated heterocycles. The van der Waals surface area contributed by atoms with E-state index in [1.165, 1.54) is 122 Å². The van der Waals surface area contributed by atoms with E-state index in [9.17, 15) is 14.7 Å². The molecule has 63 heavy (non-hydrogen) atoms. The highest BCUT2D eigenvalue weighted by molar-refractivity contribution is 5.70. The lowest BCUT2D eigenvalue weighted by Gasteiger charge is -2.15. The summed E-state index contributed by atoms with van der Waals surface area (Å²) in [5.41, 5.74) is 0. The van der Waals surface area contributed by atoms with Gasteiger partial charge in [-0.2, -0.15) is 0 Å². The molecule has 1 N–H and O–H groups in total. The summed E-state index contributed by atoms with van der Waals surface area (Å²) in [5, 5.41) is 9.63. The standard InChI is InChI=1S/C58H98O5/c1-3-5-7-9-11-13-15-17-19-21-23-24-25-26-27-28-29-30-31-32-33-34-35-37-39-41-43-45-47-49-51-53-58(61)63-56(54-59)55-62-57(60)52-50-48-46-44-42-40-38-36-22-20-18-16-14-12-10-8-6-4-2/h5,7,11,13,17,19-20,22-24,26-27,29-30,32-33,56,59H,3-4,6,8-10,12,14-16,18,21,25,28,31,34-55H2,1-2H3/b7-5-,13-11-,19-17-,22-20-,24-23-,27-26-,30-29-,33-32-. The minimum Gasteiger partial charge on any atom is -0.462 e. The third-order valence-electron chi connectivity index (χ3n) is 11.1. The van der Waals surface area contributed by atoms with Crippen LogP contribution in [0, 0.1) is 0 Å². The van der Waals surface area contributed by atoms with Crippen molar-refractivity contribution in [2.75, 3.05) is 13.2 Å². The Kier molecular flexibility index (Phi) is 50.5. The van der Waals surface area contributed by atoms with Gasteiger partial charge >= 0.3 is 11.9 Å². The second kappa shape index (κ2) is 53.2. The van der Waals surface area contributed by atoms with E-state index in [-0.39, 0.29) is 25.2 Å². The highest BCUT2D eigenvalue weighted by Crippen LogP contribution is 2.14. The van der Waals surface area contributed by atoms with Crippen molar-refractivity contribution in [3.63, 3.8) is 0 Å². The molecule has 0 aromatic carbocycles. The van der Waals surface area contributed by atoms with E-state index < -0.39 is 6.10 Å². The molecule has 0 saturated carbocycles. The molecule has 0 aliphatic rings. The van der Waals surface area contributed by atoms with Crippen molar-refractivity contribution in [3.05, 3.63) is 97.2 Å². The number of rotatable bonds is 47. The van der Waals surface area contributed by atoms with Crippen LogP contribution < -0.4 is 0 Å². The van der Waals surface area contributed by atoms with Crippen molar-refractivity contribution in [2.45, 2.75) is 245 Å². The van der Waals surface area contributed by atoms with Crippen molar-refractivity contribution in [3.8, 4) is 0 Å². The van der Waals surface area contributed by atoms with Crippen molar-refractivity contribution < 1.29 is 24.2 Å². The zero-order valence-electron chi connectivity index (χ0n) is 41.1. The number of carbonyl (C=O) groups excluding carboxylic acids is 2. The van der Waals surface area contributed by atoms with Crippen molar-refractivity contribution in [2.24, 2.45) is 0 Å². The number of unbranched alkanes of at least 4 members (excludes halogenated alkanes) is 23. The van der Waals surface area contributed by atoms with E-state index in [1.807, 2.05) is 0 Å². The highest BCUT2D eigenvalue weighted by atomic mass is 16.6. The van der Waals surface area contributed by atoms with Crippen molar-refractivity contribution in [1.29, 1.82) is 0 Å². The number of hydrogen-bond donors (Lipinski definition) is 1. The van der Waals surface area contributed by atoms with Crippen molar-refractivity contribution >= 4 is 11.9 Å². The number of aliphatic hydroxyl groups excluding tert-OH is 1. The quantitative estimate of drug-likeness (QED) is 0.0375. The third-order valence-corrected chi connectivity index (χ3v) is 11.1. The summed E-state index contributed by atoms with van der Waals surface area (Å²) >= 11 is 0. The van der Waals surface area contributed by atoms with Crippen molar-refractivity contribution in [1.82, 2.24) is 0 Å². The summed E-state index contributed by atoms with van der Waals surface area (Å²) in [6.07, 6.45) is 75.0. The molecule has 0 aliphatic carbocycles. The maximum absolute atomic E-state index is 12.3. The predicted octanol–water partition coefficient (Wildman–Crippen LogP) is 17.6. The molecule has 1 atom stereocenters. The number of carbonyl (C=O) groups is 2. The van der Waals surface area contributed by atoms with Gasteiger partial charge in [0.25, 0.3) is 0 Å². The second-order valence-electron chi connectivity index (χ2n) is 17.2. The van der Waals surface area contributed by atoms with Crippen LogP contribution in [-0.4, -0.2) is 36.4 Å². The maximum atomic E-state index is 12.3. The van der Waals surface area contributed by atoms with Crippen LogP contribution >= 0.6 is 0 Å². The van der Waals surface area contributed by atoms with Gasteiger partial charge in [0.1, 0.15) is 6.61 Å². The van der Waals surface area contributed by atoms with Gasteiger partial charge in [-0.3, -0.25) is 9.59 Å². The van der Waals surface area contributed by atoms with E-state index in [1.54, 1.807) is 0 Å². The number of aliphatic hydroxyl groups is 1. The Morgan fingerprint density at radius 1 is 0.381 bits per heavy atom. The lowest BCUT2D eigenvalue weighted by atomic mass is 10.1. The van der Waals surface area contributed by atoms with Gasteiger partial charge in [0, 0.05) is 12.8 Å². The van der Waals surface area contributed by atoms with Gasteiger partial charge in [0.15, 0.2) is 6.10 Å². The topological polar surface area (TPSA) is 72.8 Å². The molecular weight excluding hydrogens is 777 g/mol. The fourth-order valence-corrected chi connectivity index (χ4v) is 7.18. The average Bonchev–Trinajstić information content (AvgIpc) is 3.29. The van der Waals surface area contributed by atoms with Crippen LogP contribution in [0.3, 0.4) is 0 Å². The molecule has 5 nitrogen and oxygen atoms in total. The number of ether oxygens (including phenoxy) is 2. The molecule has 1 unspecified atom stereocenters. The Hall–Kier alpha value is -3.18. The van der Waals surface area contributed by atoms with Crippen LogP contribution in [0.2, 0.25) is 0 Å². The number of allylic oxidation sites excluding steroid dienone is 16. The molecule has 0 spiro atoms. The summed E-state index contributed by atoms with van der Waals surface area (Å²) in [6.45, 7) is 4.02. The lowest BCUT2D eigenvalue weighted by molar-refractivity contribution is -0.161. The van der Waals surface area contributed by atoms with Crippen LogP contribution in [0.4, 0.5) is 0 Å². The van der Waals surface area contributed by atoms with E-state index in [0.717, 1.165) is 89.9 Å². The van der Waals surface area contributed by atoms with E-state index in [2.05, 4.69) is 111 Å². The van der Waals surface area contributed by atoms with Crippen LogP contribution in [0.5, 0.6) is 0 Å². The Bertz CT molecular complexity index is 1220. The van der Waals surface area contributed by atoms with Gasteiger partial charge in [0.2, 0.25) is 0 Å². The highest BCUT2D eigenvalue weighted by Gasteiger charge is 2.16. The molecule has 5 heteroatoms. The first-order chi connectivity index (χ1) is 31.1. The van der Waals surface area contributed by atoms with Gasteiger partial charge in [0.05, 0.1) is 6.61 Å². The number of esters is 2. The third kappa shape index (κ3) is 51.3. The predicted molar refractivity (Wildman–Crippen MR) is 274 cm³/mol. The summed E-state index contributed by atoms with van der Waals surface area (Å²) in [7, 11) is 0. The maximum Gasteiger partial charge on any atom is 0.306 e. The van der Waals surface area contributed by atoms with Gasteiger partial charge in [-0.15, -0.1) is 0 Å². The first kappa shape index (κ1) is 59.8. The first-order valence-corrected chi connectivity index (χ1v) is 26.3. The smallest absolute Gasteiger partial charge is 0.306 e. The average molecular weight is 875 g/mol. The van der Waals surface area contributed by atoms with E-state index in [4.69, 9.17) is 9.47 Å². The lowest BCUT2D eigenvalue weighted by Crippen LogP contribution is -2.28. The molecule has 0 heterocycles. The van der Waals surface area contributed by atoms with Gasteiger partial charge < -0.3 is 14.6 Å². The zero-order chi connectivity index (χ0) is 45.6. The van der Waals surface area contributed by atoms with Crippen LogP contribution in [-0.2, 0) is 19.1 Å². The molecule has 0 amide bonds. The van der Waals surface area contributed by atoms with E-state index in [0.29, 0.717) is 12.8 Å². The van der Waals surface area contributed by atoms with E-state index >= 15 is 0 Å². The Balaban J connectivity index is 3.57. The first-order valence-electron chi connectivity index (χ1n) is 26.3. The Morgan fingerprint density at radius 2 is 0.683 bits per heavy atom. The monoisotopic (exact) mass is 875 g/mol. The van der Waals surface area contributed by atoms with Gasteiger partial charge in [-0.25, -0.2) is 0 Å². The molecule has 0 aliphatic heterocycles. The molecule has 0 aromatic heterocycles. The number of hydrogen-bond acceptors (Lipinski definition) is 5. The fraction of sp³-hybridized carbons (Fsp3) is 0.690. The van der Waals surface area contributed by atoms with Crippen LogP contribution in [0.25, 0.3) is 0 Å². The summed E-state index contributed by atoms with van der Waals surface area (Å²) in [6, 6.07) is 0. The summed E-state index contributed by atoms with van der Waals surface area (Å²) in [5.74, 6) is -0.603. The minimum absolute atomic E-state index is 0.0742. The molecule has 0 radical (unpaired) electrons. The van der Waals surface area contributed by atoms with Crippen LogP contribution in [0.1, 0.15) is 239 Å².